The second-order valence-corrected chi connectivity index (χ2v) is 4.90. The Balaban J connectivity index is 2.16. The Morgan fingerprint density at radius 2 is 2.15 bits per heavy atom. The molecule has 0 spiro atoms. The number of thioether (sulfide) groups is 2. The first-order valence-electron chi connectivity index (χ1n) is 4.19. The Bertz CT molecular complexity index is 308. The van der Waals surface area contributed by atoms with Gasteiger partial charge in [-0.3, -0.25) is 4.99 Å². The van der Waals surface area contributed by atoms with Gasteiger partial charge in [0.1, 0.15) is 4.38 Å². The van der Waals surface area contributed by atoms with E-state index in [0.717, 1.165) is 5.75 Å². The number of hydrogen-bond donors (Lipinski definition) is 0. The number of hydrogen-bond acceptors (Lipinski definition) is 3. The van der Waals surface area contributed by atoms with Gasteiger partial charge in [-0.05, 0) is 11.8 Å². The number of nitrogens with zero attached hydrogens (tertiary/aromatic N) is 1. The molecule has 1 heterocycles. The first-order chi connectivity index (χ1) is 6.40. The molecule has 68 valence electrons. The summed E-state index contributed by atoms with van der Waals surface area (Å²) in [6.07, 6.45) is 2.08. The van der Waals surface area contributed by atoms with Crippen LogP contribution < -0.4 is 0 Å². The molecule has 3 heteroatoms. The fourth-order valence-electron chi connectivity index (χ4n) is 1.31. The molecule has 1 aliphatic rings. The number of aliphatic imine (C=N–C) groups is 1. The van der Waals surface area contributed by atoms with Gasteiger partial charge in [0.05, 0.1) is 6.04 Å². The number of benzene rings is 1. The van der Waals surface area contributed by atoms with E-state index in [1.165, 1.54) is 9.94 Å². The Hall–Kier alpha value is -0.410. The lowest BCUT2D eigenvalue weighted by molar-refractivity contribution is 0.851. The summed E-state index contributed by atoms with van der Waals surface area (Å²) in [4.78, 5) is 4.62. The van der Waals surface area contributed by atoms with Crippen molar-refractivity contribution in [3.05, 3.63) is 35.9 Å². The minimum Gasteiger partial charge on any atom is -0.263 e. The summed E-state index contributed by atoms with van der Waals surface area (Å²) >= 11 is 3.60. The molecule has 0 radical (unpaired) electrons. The normalized spacial score (nSPS) is 21.6. The van der Waals surface area contributed by atoms with Crippen LogP contribution in [0.2, 0.25) is 0 Å². The van der Waals surface area contributed by atoms with Gasteiger partial charge in [-0.1, -0.05) is 42.1 Å². The minimum absolute atomic E-state index is 0.383. The van der Waals surface area contributed by atoms with E-state index in [2.05, 4.69) is 35.5 Å². The molecular weight excluding hydrogens is 198 g/mol. The van der Waals surface area contributed by atoms with Crippen LogP contribution in [0.25, 0.3) is 0 Å². The van der Waals surface area contributed by atoms with Gasteiger partial charge in [-0.2, -0.15) is 0 Å². The van der Waals surface area contributed by atoms with Gasteiger partial charge < -0.3 is 0 Å². The maximum atomic E-state index is 4.62. The highest BCUT2D eigenvalue weighted by molar-refractivity contribution is 8.38. The summed E-state index contributed by atoms with van der Waals surface area (Å²) in [6, 6.07) is 10.9. The van der Waals surface area contributed by atoms with Crippen LogP contribution in [-0.4, -0.2) is 16.4 Å². The summed E-state index contributed by atoms with van der Waals surface area (Å²) in [5, 5.41) is 0. The Labute approximate surface area is 87.0 Å². The highest BCUT2D eigenvalue weighted by atomic mass is 32.2. The smallest absolute Gasteiger partial charge is 0.125 e. The minimum atomic E-state index is 0.383. The molecule has 2 rings (SSSR count). The third kappa shape index (κ3) is 2.09. The molecule has 0 fully saturated rings. The molecule has 0 bridgehead atoms. The predicted molar refractivity (Wildman–Crippen MR) is 62.6 cm³/mol. The lowest BCUT2D eigenvalue weighted by Crippen LogP contribution is -1.92. The zero-order valence-corrected chi connectivity index (χ0v) is 9.07. The van der Waals surface area contributed by atoms with Gasteiger partial charge in [0.25, 0.3) is 0 Å². The van der Waals surface area contributed by atoms with Crippen LogP contribution in [0, 0.1) is 0 Å². The van der Waals surface area contributed by atoms with Crippen molar-refractivity contribution in [2.75, 3.05) is 12.0 Å². The van der Waals surface area contributed by atoms with Crippen LogP contribution in [0.3, 0.4) is 0 Å². The zero-order valence-electron chi connectivity index (χ0n) is 7.43. The maximum Gasteiger partial charge on any atom is 0.125 e. The molecule has 1 nitrogen and oxygen atoms in total. The van der Waals surface area contributed by atoms with Crippen molar-refractivity contribution in [1.29, 1.82) is 0 Å². The predicted octanol–water partition coefficient (Wildman–Crippen LogP) is 3.19. The zero-order chi connectivity index (χ0) is 9.10. The highest BCUT2D eigenvalue weighted by Gasteiger charge is 2.18. The number of rotatable bonds is 1. The van der Waals surface area contributed by atoms with E-state index in [0.29, 0.717) is 6.04 Å². The standard InChI is InChI=1S/C10H11NS2/c1-12-10-11-9(7-13-10)8-5-3-2-4-6-8/h2-6,9H,7H2,1H3/t9-/m1/s1. The molecule has 0 N–H and O–H groups in total. The molecule has 0 unspecified atom stereocenters. The fourth-order valence-corrected chi connectivity index (χ4v) is 2.99. The van der Waals surface area contributed by atoms with E-state index in [4.69, 9.17) is 0 Å². The summed E-state index contributed by atoms with van der Waals surface area (Å²) < 4.78 is 1.22. The van der Waals surface area contributed by atoms with Crippen molar-refractivity contribution >= 4 is 27.9 Å². The van der Waals surface area contributed by atoms with Gasteiger partial charge in [-0.15, -0.1) is 11.8 Å². The lowest BCUT2D eigenvalue weighted by Gasteiger charge is -2.04. The van der Waals surface area contributed by atoms with Gasteiger partial charge in [0.2, 0.25) is 0 Å². The molecule has 0 amide bonds. The van der Waals surface area contributed by atoms with Crippen molar-refractivity contribution in [1.82, 2.24) is 0 Å². The van der Waals surface area contributed by atoms with Crippen LogP contribution in [0.4, 0.5) is 0 Å². The lowest BCUT2D eigenvalue weighted by atomic mass is 10.1. The molecule has 1 aromatic carbocycles. The Kier molecular flexibility index (Phi) is 2.96. The molecule has 1 aromatic rings. The van der Waals surface area contributed by atoms with Crippen LogP contribution in [0.1, 0.15) is 11.6 Å². The van der Waals surface area contributed by atoms with Crippen molar-refractivity contribution in [3.63, 3.8) is 0 Å². The van der Waals surface area contributed by atoms with Gasteiger partial charge in [0.15, 0.2) is 0 Å². The second-order valence-electron chi connectivity index (χ2n) is 2.84. The summed E-state index contributed by atoms with van der Waals surface area (Å²) in [5.74, 6) is 1.10. The summed E-state index contributed by atoms with van der Waals surface area (Å²) in [5.41, 5.74) is 1.33. The van der Waals surface area contributed by atoms with Gasteiger partial charge in [-0.25, -0.2) is 0 Å². The van der Waals surface area contributed by atoms with E-state index in [9.17, 15) is 0 Å². The van der Waals surface area contributed by atoms with Crippen LogP contribution in [0.15, 0.2) is 35.3 Å². The Morgan fingerprint density at radius 1 is 1.38 bits per heavy atom. The first-order valence-corrected chi connectivity index (χ1v) is 6.40. The van der Waals surface area contributed by atoms with E-state index < -0.39 is 0 Å². The summed E-state index contributed by atoms with van der Waals surface area (Å²) in [7, 11) is 0. The highest BCUT2D eigenvalue weighted by Crippen LogP contribution is 2.33. The van der Waals surface area contributed by atoms with E-state index in [-0.39, 0.29) is 0 Å². The van der Waals surface area contributed by atoms with Crippen molar-refractivity contribution in [2.24, 2.45) is 4.99 Å². The third-order valence-electron chi connectivity index (χ3n) is 1.98. The molecule has 0 aromatic heterocycles. The maximum absolute atomic E-state index is 4.62. The van der Waals surface area contributed by atoms with E-state index in [1.54, 1.807) is 11.8 Å². The molecular formula is C10H11NS2. The average molecular weight is 209 g/mol. The quantitative estimate of drug-likeness (QED) is 0.704. The molecule has 0 aliphatic carbocycles. The molecule has 1 atom stereocenters. The Morgan fingerprint density at radius 3 is 2.77 bits per heavy atom. The second kappa shape index (κ2) is 4.20. The molecule has 0 saturated carbocycles. The van der Waals surface area contributed by atoms with Crippen LogP contribution in [-0.2, 0) is 0 Å². The summed E-state index contributed by atoms with van der Waals surface area (Å²) in [6.45, 7) is 0. The average Bonchev–Trinajstić information content (AvgIpc) is 2.67. The van der Waals surface area contributed by atoms with Crippen LogP contribution >= 0.6 is 23.5 Å². The van der Waals surface area contributed by atoms with Crippen molar-refractivity contribution < 1.29 is 0 Å². The molecule has 1 aliphatic heterocycles. The molecule has 13 heavy (non-hydrogen) atoms. The van der Waals surface area contributed by atoms with Gasteiger partial charge in [0, 0.05) is 5.75 Å². The largest absolute Gasteiger partial charge is 0.263 e. The van der Waals surface area contributed by atoms with E-state index in [1.807, 2.05) is 17.8 Å². The first kappa shape index (κ1) is 9.16. The topological polar surface area (TPSA) is 12.4 Å². The molecule has 0 saturated heterocycles. The van der Waals surface area contributed by atoms with Crippen molar-refractivity contribution in [3.8, 4) is 0 Å². The third-order valence-corrected chi connectivity index (χ3v) is 4.13. The SMILES string of the molecule is CSC1=N[C@@H](c2ccccc2)CS1. The van der Waals surface area contributed by atoms with Crippen LogP contribution in [0.5, 0.6) is 0 Å². The van der Waals surface area contributed by atoms with Crippen molar-refractivity contribution in [2.45, 2.75) is 6.04 Å². The monoisotopic (exact) mass is 209 g/mol. The fraction of sp³-hybridized carbons (Fsp3) is 0.300. The van der Waals surface area contributed by atoms with Gasteiger partial charge >= 0.3 is 0 Å². The van der Waals surface area contributed by atoms with E-state index >= 15 is 0 Å².